The number of rotatable bonds is 5. The number of halogens is 1. The van der Waals surface area contributed by atoms with Gasteiger partial charge in [0.25, 0.3) is 0 Å². The predicted molar refractivity (Wildman–Crippen MR) is 143 cm³/mol. The monoisotopic (exact) mass is 481 g/mol. The van der Waals surface area contributed by atoms with Crippen LogP contribution in [-0.2, 0) is 4.74 Å². The number of aromatic nitrogens is 3. The van der Waals surface area contributed by atoms with Crippen molar-refractivity contribution in [1.82, 2.24) is 15.0 Å². The number of anilines is 3. The van der Waals surface area contributed by atoms with Crippen LogP contribution in [0.25, 0.3) is 33.5 Å². The van der Waals surface area contributed by atoms with Crippen molar-refractivity contribution in [2.24, 2.45) is 0 Å². The Kier molecular flexibility index (Phi) is 5.82. The molecule has 5 aromatic rings. The summed E-state index contributed by atoms with van der Waals surface area (Å²) >= 11 is 6.56. The van der Waals surface area contributed by atoms with E-state index >= 15 is 0 Å². The van der Waals surface area contributed by atoms with Crippen molar-refractivity contribution >= 4 is 39.7 Å². The molecule has 1 aliphatic rings. The summed E-state index contributed by atoms with van der Waals surface area (Å²) in [6.07, 6.45) is 1.84. The molecule has 1 fully saturated rings. The minimum absolute atomic E-state index is 0.638. The summed E-state index contributed by atoms with van der Waals surface area (Å²) in [5, 5.41) is 5.25. The van der Waals surface area contributed by atoms with Gasteiger partial charge in [-0.05, 0) is 48.0 Å². The Bertz CT molecular complexity index is 1480. The molecule has 6 nitrogen and oxygen atoms in total. The number of fused-ring (bicyclic) bond motifs is 1. The van der Waals surface area contributed by atoms with E-state index in [0.29, 0.717) is 5.02 Å². The Hall–Kier alpha value is -3.87. The van der Waals surface area contributed by atoms with Crippen molar-refractivity contribution < 1.29 is 4.74 Å². The zero-order chi connectivity index (χ0) is 23.6. The van der Waals surface area contributed by atoms with E-state index in [0.717, 1.165) is 77.0 Å². The predicted octanol–water partition coefficient (Wildman–Crippen LogP) is 6.53. The van der Waals surface area contributed by atoms with Gasteiger partial charge in [-0.15, -0.1) is 0 Å². The van der Waals surface area contributed by atoms with Gasteiger partial charge in [0.1, 0.15) is 11.6 Å². The molecule has 0 unspecified atom stereocenters. The van der Waals surface area contributed by atoms with E-state index in [4.69, 9.17) is 21.3 Å². The van der Waals surface area contributed by atoms with Crippen LogP contribution in [-0.4, -0.2) is 41.3 Å². The fourth-order valence-electron chi connectivity index (χ4n) is 4.38. The topological polar surface area (TPSA) is 66.1 Å². The molecular formula is C28H24ClN5O. The molecule has 174 valence electrons. The number of hydrogen-bond acceptors (Lipinski definition) is 5. The lowest BCUT2D eigenvalue weighted by Crippen LogP contribution is -2.36. The van der Waals surface area contributed by atoms with Crippen molar-refractivity contribution in [2.75, 3.05) is 36.5 Å². The van der Waals surface area contributed by atoms with E-state index in [9.17, 15) is 0 Å². The van der Waals surface area contributed by atoms with Gasteiger partial charge in [-0.3, -0.25) is 0 Å². The number of pyridine rings is 1. The fourth-order valence-corrected chi connectivity index (χ4v) is 4.59. The molecule has 3 heterocycles. The average Bonchev–Trinajstić information content (AvgIpc) is 3.41. The zero-order valence-corrected chi connectivity index (χ0v) is 19.8. The fraction of sp³-hybridized carbons (Fsp3) is 0.143. The average molecular weight is 482 g/mol. The van der Waals surface area contributed by atoms with Gasteiger partial charge >= 0.3 is 0 Å². The third-order valence-corrected chi connectivity index (χ3v) is 6.54. The molecule has 1 saturated heterocycles. The first-order valence-corrected chi connectivity index (χ1v) is 12.0. The van der Waals surface area contributed by atoms with Crippen LogP contribution >= 0.6 is 11.6 Å². The summed E-state index contributed by atoms with van der Waals surface area (Å²) in [5.74, 6) is 1.71. The third-order valence-electron chi connectivity index (χ3n) is 6.21. The molecule has 2 N–H and O–H groups in total. The van der Waals surface area contributed by atoms with Crippen LogP contribution in [0.4, 0.5) is 17.2 Å². The molecule has 0 radical (unpaired) electrons. The Balaban J connectivity index is 1.29. The molecule has 35 heavy (non-hydrogen) atoms. The number of benzene rings is 3. The molecule has 0 atom stereocenters. The molecule has 2 aromatic heterocycles. The highest BCUT2D eigenvalue weighted by Crippen LogP contribution is 2.33. The van der Waals surface area contributed by atoms with Crippen LogP contribution in [0.2, 0.25) is 5.02 Å². The second kappa shape index (κ2) is 9.41. The van der Waals surface area contributed by atoms with Crippen molar-refractivity contribution in [1.29, 1.82) is 0 Å². The summed E-state index contributed by atoms with van der Waals surface area (Å²) in [5.41, 5.74) is 5.73. The molecule has 0 amide bonds. The van der Waals surface area contributed by atoms with E-state index in [-0.39, 0.29) is 0 Å². The summed E-state index contributed by atoms with van der Waals surface area (Å²) < 4.78 is 5.47. The molecule has 6 rings (SSSR count). The number of nitrogens with one attached hydrogen (secondary N) is 2. The lowest BCUT2D eigenvalue weighted by Gasteiger charge is -2.28. The molecule has 0 saturated carbocycles. The van der Waals surface area contributed by atoms with Crippen molar-refractivity contribution in [2.45, 2.75) is 0 Å². The molecule has 0 aliphatic carbocycles. The van der Waals surface area contributed by atoms with E-state index in [2.05, 4.69) is 50.5 Å². The molecule has 7 heteroatoms. The van der Waals surface area contributed by atoms with Gasteiger partial charge in [-0.2, -0.15) is 0 Å². The van der Waals surface area contributed by atoms with Crippen LogP contribution < -0.4 is 10.2 Å². The maximum atomic E-state index is 6.56. The van der Waals surface area contributed by atoms with Gasteiger partial charge < -0.3 is 19.9 Å². The first-order valence-electron chi connectivity index (χ1n) is 11.6. The van der Waals surface area contributed by atoms with E-state index in [1.807, 2.05) is 54.7 Å². The number of ether oxygens (including phenoxy) is 1. The first kappa shape index (κ1) is 21.6. The third kappa shape index (κ3) is 4.46. The normalized spacial score (nSPS) is 13.8. The van der Waals surface area contributed by atoms with Crippen LogP contribution in [0, 0.1) is 0 Å². The number of nitrogens with zero attached hydrogens (tertiary/aromatic N) is 3. The van der Waals surface area contributed by atoms with Crippen LogP contribution in [0.15, 0.2) is 85.1 Å². The number of morpholine rings is 1. The zero-order valence-electron chi connectivity index (χ0n) is 19.0. The number of imidazole rings is 1. The second-order valence-corrected chi connectivity index (χ2v) is 8.88. The van der Waals surface area contributed by atoms with Crippen LogP contribution in [0.3, 0.4) is 0 Å². The standard InChI is InChI=1S/C28H24ClN5O/c29-23-11-9-20(17-22(23)28-30-18-26(33-28)19-5-2-1-3-6-19)31-24-7-4-8-25-21(24)10-12-27(32-25)34-13-15-35-16-14-34/h1-12,17-18,31H,13-16H2,(H,30,33). The first-order chi connectivity index (χ1) is 17.2. The van der Waals surface area contributed by atoms with Gasteiger partial charge in [0.05, 0.1) is 35.6 Å². The number of hydrogen-bond donors (Lipinski definition) is 2. The Morgan fingerprint density at radius 2 is 1.77 bits per heavy atom. The molecule has 3 aromatic carbocycles. The summed E-state index contributed by atoms with van der Waals surface area (Å²) in [6, 6.07) is 26.4. The summed E-state index contributed by atoms with van der Waals surface area (Å²) in [6.45, 7) is 3.21. The van der Waals surface area contributed by atoms with Crippen molar-refractivity contribution in [3.05, 3.63) is 90.1 Å². The molecule has 0 bridgehead atoms. The highest BCUT2D eigenvalue weighted by Gasteiger charge is 2.14. The minimum atomic E-state index is 0.638. The van der Waals surface area contributed by atoms with E-state index < -0.39 is 0 Å². The summed E-state index contributed by atoms with van der Waals surface area (Å²) in [7, 11) is 0. The van der Waals surface area contributed by atoms with Gasteiger partial charge in [-0.25, -0.2) is 9.97 Å². The van der Waals surface area contributed by atoms with Crippen molar-refractivity contribution in [3.8, 4) is 22.6 Å². The SMILES string of the molecule is Clc1ccc(Nc2cccc3nc(N4CCOCC4)ccc23)cc1-c1ncc(-c2ccccc2)[nH]1. The number of aromatic amines is 1. The molecular weight excluding hydrogens is 458 g/mol. The Morgan fingerprint density at radius 3 is 2.63 bits per heavy atom. The van der Waals surface area contributed by atoms with Crippen LogP contribution in [0.1, 0.15) is 0 Å². The smallest absolute Gasteiger partial charge is 0.139 e. The Labute approximate surface area is 208 Å². The maximum Gasteiger partial charge on any atom is 0.139 e. The highest BCUT2D eigenvalue weighted by atomic mass is 35.5. The lowest BCUT2D eigenvalue weighted by molar-refractivity contribution is 0.122. The largest absolute Gasteiger partial charge is 0.378 e. The minimum Gasteiger partial charge on any atom is -0.378 e. The highest BCUT2D eigenvalue weighted by molar-refractivity contribution is 6.33. The van der Waals surface area contributed by atoms with Gasteiger partial charge in [-0.1, -0.05) is 48.0 Å². The second-order valence-electron chi connectivity index (χ2n) is 8.47. The van der Waals surface area contributed by atoms with E-state index in [1.54, 1.807) is 0 Å². The molecule has 1 aliphatic heterocycles. The van der Waals surface area contributed by atoms with Crippen molar-refractivity contribution in [3.63, 3.8) is 0 Å². The van der Waals surface area contributed by atoms with Gasteiger partial charge in [0.2, 0.25) is 0 Å². The lowest BCUT2D eigenvalue weighted by atomic mass is 10.1. The quantitative estimate of drug-likeness (QED) is 0.299. The number of H-pyrrole nitrogens is 1. The van der Waals surface area contributed by atoms with E-state index in [1.165, 1.54) is 0 Å². The Morgan fingerprint density at radius 1 is 0.914 bits per heavy atom. The summed E-state index contributed by atoms with van der Waals surface area (Å²) in [4.78, 5) is 15.2. The van der Waals surface area contributed by atoms with Gasteiger partial charge in [0, 0.05) is 35.4 Å². The maximum absolute atomic E-state index is 6.56. The van der Waals surface area contributed by atoms with Gasteiger partial charge in [0.15, 0.2) is 0 Å². The van der Waals surface area contributed by atoms with Crippen LogP contribution in [0.5, 0.6) is 0 Å². The molecule has 0 spiro atoms.